The number of fused-ring (bicyclic) bond motifs is 1. The molecule has 0 atom stereocenters. The molecule has 3 heteroatoms. The predicted octanol–water partition coefficient (Wildman–Crippen LogP) is 4.33. The molecule has 0 heterocycles. The van der Waals surface area contributed by atoms with E-state index in [9.17, 15) is 4.39 Å². The number of anilines is 1. The van der Waals surface area contributed by atoms with Gasteiger partial charge in [-0.05, 0) is 60.6 Å². The molecule has 0 unspecified atom stereocenters. The van der Waals surface area contributed by atoms with Crippen LogP contribution < -0.4 is 10.1 Å². The van der Waals surface area contributed by atoms with Crippen LogP contribution in [0.1, 0.15) is 29.5 Å². The van der Waals surface area contributed by atoms with Crippen molar-refractivity contribution in [1.82, 2.24) is 0 Å². The van der Waals surface area contributed by atoms with Gasteiger partial charge >= 0.3 is 0 Å². The number of aryl methyl sites for hydroxylation is 1. The Balaban J connectivity index is 1.75. The molecule has 2 aromatic rings. The summed E-state index contributed by atoms with van der Waals surface area (Å²) in [5.41, 5.74) is 4.98. The summed E-state index contributed by atoms with van der Waals surface area (Å²) in [4.78, 5) is 0. The average molecular weight is 285 g/mol. The van der Waals surface area contributed by atoms with Crippen molar-refractivity contribution in [2.24, 2.45) is 0 Å². The molecule has 3 rings (SSSR count). The highest BCUT2D eigenvalue weighted by Gasteiger charge is 2.12. The Morgan fingerprint density at radius 2 is 2.00 bits per heavy atom. The van der Waals surface area contributed by atoms with Crippen LogP contribution in [-0.4, -0.2) is 7.11 Å². The number of methoxy groups -OCH3 is 1. The van der Waals surface area contributed by atoms with Crippen molar-refractivity contribution >= 4 is 5.69 Å². The van der Waals surface area contributed by atoms with Gasteiger partial charge in [0.05, 0.1) is 7.11 Å². The molecule has 2 nitrogen and oxygen atoms in total. The van der Waals surface area contributed by atoms with E-state index in [0.717, 1.165) is 12.0 Å². The molecule has 0 saturated heterocycles. The van der Waals surface area contributed by atoms with Gasteiger partial charge in [0.2, 0.25) is 0 Å². The second-order valence-corrected chi connectivity index (χ2v) is 5.47. The lowest BCUT2D eigenvalue weighted by Crippen LogP contribution is -2.08. The number of rotatable bonds is 4. The van der Waals surface area contributed by atoms with Gasteiger partial charge in [-0.1, -0.05) is 18.2 Å². The van der Waals surface area contributed by atoms with Crippen LogP contribution in [0.5, 0.6) is 5.75 Å². The lowest BCUT2D eigenvalue weighted by Gasteiger charge is -2.20. The first-order valence-corrected chi connectivity index (χ1v) is 7.45. The Kier molecular flexibility index (Phi) is 4.09. The fraction of sp³-hybridized carbons (Fsp3) is 0.333. The van der Waals surface area contributed by atoms with Crippen LogP contribution in [-0.2, 0) is 19.4 Å². The van der Waals surface area contributed by atoms with Gasteiger partial charge < -0.3 is 10.1 Å². The van der Waals surface area contributed by atoms with Crippen molar-refractivity contribution in [3.05, 3.63) is 58.9 Å². The molecule has 0 bridgehead atoms. The predicted molar refractivity (Wildman–Crippen MR) is 83.4 cm³/mol. The van der Waals surface area contributed by atoms with Gasteiger partial charge in [0.25, 0.3) is 0 Å². The van der Waals surface area contributed by atoms with Gasteiger partial charge in [0.1, 0.15) is 0 Å². The van der Waals surface area contributed by atoms with Gasteiger partial charge in [0, 0.05) is 12.2 Å². The van der Waals surface area contributed by atoms with Gasteiger partial charge in [0.15, 0.2) is 11.6 Å². The zero-order valence-electron chi connectivity index (χ0n) is 12.3. The summed E-state index contributed by atoms with van der Waals surface area (Å²) in [7, 11) is 1.48. The molecule has 110 valence electrons. The highest BCUT2D eigenvalue weighted by molar-refractivity contribution is 5.56. The Morgan fingerprint density at radius 3 is 2.81 bits per heavy atom. The van der Waals surface area contributed by atoms with E-state index in [0.29, 0.717) is 6.54 Å². The molecule has 0 aliphatic heterocycles. The van der Waals surface area contributed by atoms with Crippen LogP contribution in [0.25, 0.3) is 0 Å². The van der Waals surface area contributed by atoms with Gasteiger partial charge in [-0.2, -0.15) is 0 Å². The van der Waals surface area contributed by atoms with E-state index in [2.05, 4.69) is 23.5 Å². The summed E-state index contributed by atoms with van der Waals surface area (Å²) in [6.45, 7) is 0.622. The highest BCUT2D eigenvalue weighted by Crippen LogP contribution is 2.28. The monoisotopic (exact) mass is 285 g/mol. The van der Waals surface area contributed by atoms with Crippen LogP contribution in [0.4, 0.5) is 10.1 Å². The molecule has 0 aromatic heterocycles. The number of hydrogen-bond acceptors (Lipinski definition) is 2. The van der Waals surface area contributed by atoms with Crippen molar-refractivity contribution in [2.45, 2.75) is 32.2 Å². The standard InChI is InChI=1S/C18H20FNO/c1-21-18-10-9-13(11-16(18)19)12-20-17-8-4-6-14-5-2-3-7-15(14)17/h4,6,8-11,20H,2-3,5,7,12H2,1H3. The summed E-state index contributed by atoms with van der Waals surface area (Å²) >= 11 is 0. The summed E-state index contributed by atoms with van der Waals surface area (Å²) < 4.78 is 18.6. The summed E-state index contributed by atoms with van der Waals surface area (Å²) in [5, 5.41) is 3.45. The van der Waals surface area contributed by atoms with E-state index < -0.39 is 0 Å². The topological polar surface area (TPSA) is 21.3 Å². The lowest BCUT2D eigenvalue weighted by atomic mass is 9.90. The molecular formula is C18H20FNO. The minimum Gasteiger partial charge on any atom is -0.494 e. The van der Waals surface area contributed by atoms with E-state index in [1.807, 2.05) is 6.07 Å². The smallest absolute Gasteiger partial charge is 0.165 e. The largest absolute Gasteiger partial charge is 0.494 e. The molecule has 21 heavy (non-hydrogen) atoms. The van der Waals surface area contributed by atoms with Crippen LogP contribution in [0.15, 0.2) is 36.4 Å². The first-order chi connectivity index (χ1) is 10.3. The third kappa shape index (κ3) is 3.02. The van der Waals surface area contributed by atoms with Crippen molar-refractivity contribution in [2.75, 3.05) is 12.4 Å². The van der Waals surface area contributed by atoms with Gasteiger partial charge in [-0.15, -0.1) is 0 Å². The maximum Gasteiger partial charge on any atom is 0.165 e. The first kappa shape index (κ1) is 13.9. The molecule has 2 aromatic carbocycles. The molecule has 0 fully saturated rings. The number of nitrogens with one attached hydrogen (secondary N) is 1. The second-order valence-electron chi connectivity index (χ2n) is 5.47. The van der Waals surface area contributed by atoms with Crippen molar-refractivity contribution in [3.8, 4) is 5.75 Å². The Bertz CT molecular complexity index is 639. The van der Waals surface area contributed by atoms with Crippen molar-refractivity contribution in [1.29, 1.82) is 0 Å². The molecule has 1 aliphatic rings. The average Bonchev–Trinajstić information content (AvgIpc) is 2.53. The molecular weight excluding hydrogens is 265 g/mol. The Hall–Kier alpha value is -2.03. The fourth-order valence-electron chi connectivity index (χ4n) is 2.96. The molecule has 0 amide bonds. The maximum atomic E-state index is 13.7. The summed E-state index contributed by atoms with van der Waals surface area (Å²) in [6.07, 6.45) is 4.83. The van der Waals surface area contributed by atoms with E-state index >= 15 is 0 Å². The zero-order valence-corrected chi connectivity index (χ0v) is 12.3. The van der Waals surface area contributed by atoms with Crippen LogP contribution in [0.3, 0.4) is 0 Å². The Morgan fingerprint density at radius 1 is 1.14 bits per heavy atom. The van der Waals surface area contributed by atoms with E-state index in [4.69, 9.17) is 4.74 Å². The quantitative estimate of drug-likeness (QED) is 0.903. The van der Waals surface area contributed by atoms with Crippen molar-refractivity contribution < 1.29 is 9.13 Å². The van der Waals surface area contributed by atoms with E-state index in [1.54, 1.807) is 6.07 Å². The van der Waals surface area contributed by atoms with Crippen LogP contribution in [0.2, 0.25) is 0 Å². The molecule has 1 N–H and O–H groups in total. The van der Waals surface area contributed by atoms with E-state index in [-0.39, 0.29) is 11.6 Å². The fourth-order valence-corrected chi connectivity index (χ4v) is 2.96. The Labute approximate surface area is 125 Å². The number of ether oxygens (including phenoxy) is 1. The molecule has 1 aliphatic carbocycles. The summed E-state index contributed by atoms with van der Waals surface area (Å²) in [5.74, 6) is -0.0252. The van der Waals surface area contributed by atoms with E-state index in [1.165, 1.54) is 49.3 Å². The number of hydrogen-bond donors (Lipinski definition) is 1. The second kappa shape index (κ2) is 6.17. The minimum atomic E-state index is -0.313. The normalized spacial score (nSPS) is 13.6. The van der Waals surface area contributed by atoms with Crippen molar-refractivity contribution in [3.63, 3.8) is 0 Å². The number of benzene rings is 2. The lowest BCUT2D eigenvalue weighted by molar-refractivity contribution is 0.386. The third-order valence-corrected chi connectivity index (χ3v) is 4.10. The summed E-state index contributed by atoms with van der Waals surface area (Å²) in [6, 6.07) is 11.5. The maximum absolute atomic E-state index is 13.7. The first-order valence-electron chi connectivity index (χ1n) is 7.45. The highest BCUT2D eigenvalue weighted by atomic mass is 19.1. The third-order valence-electron chi connectivity index (χ3n) is 4.10. The minimum absolute atomic E-state index is 0.288. The van der Waals surface area contributed by atoms with Gasteiger partial charge in [-0.25, -0.2) is 4.39 Å². The molecule has 0 saturated carbocycles. The SMILES string of the molecule is COc1ccc(CNc2cccc3c2CCCC3)cc1F. The number of halogens is 1. The zero-order chi connectivity index (χ0) is 14.7. The van der Waals surface area contributed by atoms with Crippen LogP contribution >= 0.6 is 0 Å². The van der Waals surface area contributed by atoms with Gasteiger partial charge in [-0.3, -0.25) is 0 Å². The molecule has 0 spiro atoms. The molecule has 0 radical (unpaired) electrons. The van der Waals surface area contributed by atoms with Crippen LogP contribution in [0, 0.1) is 5.82 Å².